The van der Waals surface area contributed by atoms with Gasteiger partial charge in [0.2, 0.25) is 0 Å². The van der Waals surface area contributed by atoms with Crippen molar-refractivity contribution in [3.8, 4) is 0 Å². The lowest BCUT2D eigenvalue weighted by molar-refractivity contribution is -0.138. The van der Waals surface area contributed by atoms with E-state index in [1.165, 1.54) is 6.20 Å². The molecule has 1 heterocycles. The molecule has 0 aromatic carbocycles. The van der Waals surface area contributed by atoms with Gasteiger partial charge in [-0.1, -0.05) is 0 Å². The summed E-state index contributed by atoms with van der Waals surface area (Å²) in [6.45, 7) is 1.83. The fraction of sp³-hybridized carbons (Fsp3) is 0.462. The van der Waals surface area contributed by atoms with Crippen molar-refractivity contribution in [1.29, 1.82) is 0 Å². The quantitative estimate of drug-likeness (QED) is 0.617. The average Bonchev–Trinajstić information content (AvgIpc) is 2.38. The Hall–Kier alpha value is -1.79. The van der Waals surface area contributed by atoms with Gasteiger partial charge in [0.1, 0.15) is 6.04 Å². The zero-order valence-electron chi connectivity index (χ0n) is 10.9. The van der Waals surface area contributed by atoms with Crippen LogP contribution in [0.5, 0.6) is 0 Å². The van der Waals surface area contributed by atoms with Gasteiger partial charge in [0.15, 0.2) is 5.78 Å². The second-order valence-corrected chi connectivity index (χ2v) is 4.53. The number of nitrogens with zero attached hydrogens (tertiary/aromatic N) is 1. The van der Waals surface area contributed by atoms with Crippen molar-refractivity contribution in [3.05, 3.63) is 29.6 Å². The predicted octanol–water partition coefficient (Wildman–Crippen LogP) is 0.482. The number of carbonyl (C=O) groups excluding carboxylic acids is 1. The molecule has 0 aliphatic carbocycles. The molecule has 0 amide bonds. The van der Waals surface area contributed by atoms with Crippen LogP contribution in [-0.2, 0) is 4.79 Å². The van der Waals surface area contributed by atoms with Crippen molar-refractivity contribution in [1.82, 2.24) is 4.98 Å². The summed E-state index contributed by atoms with van der Waals surface area (Å²) in [7, 11) is 0. The number of aromatic nitrogens is 1. The highest BCUT2D eigenvalue weighted by atomic mass is 16.4. The van der Waals surface area contributed by atoms with Gasteiger partial charge < -0.3 is 16.6 Å². The molecule has 19 heavy (non-hydrogen) atoms. The summed E-state index contributed by atoms with van der Waals surface area (Å²) in [5.74, 6) is -1.22. The number of hydrogen-bond acceptors (Lipinski definition) is 5. The molecule has 5 N–H and O–H groups in total. The van der Waals surface area contributed by atoms with Gasteiger partial charge >= 0.3 is 5.97 Å². The maximum absolute atomic E-state index is 12.0. The Bertz CT molecular complexity index is 445. The van der Waals surface area contributed by atoms with Crippen molar-refractivity contribution in [3.63, 3.8) is 0 Å². The highest BCUT2D eigenvalue weighted by molar-refractivity contribution is 5.99. The summed E-state index contributed by atoms with van der Waals surface area (Å²) in [6, 6.07) is 1.89. The first kappa shape index (κ1) is 15.3. The van der Waals surface area contributed by atoms with Gasteiger partial charge in [-0.2, -0.15) is 0 Å². The van der Waals surface area contributed by atoms with Crippen LogP contribution in [0.15, 0.2) is 18.3 Å². The van der Waals surface area contributed by atoms with E-state index >= 15 is 0 Å². The van der Waals surface area contributed by atoms with E-state index < -0.39 is 18.1 Å². The lowest BCUT2D eigenvalue weighted by atomic mass is 10.00. The molecule has 1 aromatic heterocycles. The highest BCUT2D eigenvalue weighted by Crippen LogP contribution is 2.08. The zero-order valence-corrected chi connectivity index (χ0v) is 10.9. The third-order valence-corrected chi connectivity index (χ3v) is 2.88. The van der Waals surface area contributed by atoms with E-state index in [0.29, 0.717) is 24.8 Å². The lowest BCUT2D eigenvalue weighted by Gasteiger charge is -2.11. The van der Waals surface area contributed by atoms with Crippen LogP contribution in [-0.4, -0.2) is 33.9 Å². The van der Waals surface area contributed by atoms with E-state index in [2.05, 4.69) is 4.98 Å². The number of nitrogens with two attached hydrogens (primary N) is 2. The van der Waals surface area contributed by atoms with Gasteiger partial charge in [-0.15, -0.1) is 0 Å². The van der Waals surface area contributed by atoms with Gasteiger partial charge in [-0.05, 0) is 38.3 Å². The molecule has 0 saturated heterocycles. The highest BCUT2D eigenvalue weighted by Gasteiger charge is 2.17. The number of hydrogen-bond donors (Lipinski definition) is 3. The van der Waals surface area contributed by atoms with Crippen LogP contribution in [0.4, 0.5) is 0 Å². The zero-order chi connectivity index (χ0) is 14.4. The summed E-state index contributed by atoms with van der Waals surface area (Å²) in [6.07, 6.45) is 2.72. The molecule has 0 spiro atoms. The summed E-state index contributed by atoms with van der Waals surface area (Å²) in [5.41, 5.74) is 12.5. The van der Waals surface area contributed by atoms with Crippen molar-refractivity contribution < 1.29 is 14.7 Å². The van der Waals surface area contributed by atoms with E-state index in [1.807, 2.05) is 6.92 Å². The Labute approximate surface area is 111 Å². The van der Waals surface area contributed by atoms with Gasteiger partial charge in [-0.25, -0.2) is 0 Å². The van der Waals surface area contributed by atoms with Gasteiger partial charge in [0, 0.05) is 17.5 Å². The molecule has 2 atom stereocenters. The Morgan fingerprint density at radius 2 is 1.89 bits per heavy atom. The Morgan fingerprint density at radius 3 is 2.42 bits per heavy atom. The minimum Gasteiger partial charge on any atom is -0.480 e. The van der Waals surface area contributed by atoms with E-state index in [4.69, 9.17) is 16.6 Å². The average molecular weight is 265 g/mol. The van der Waals surface area contributed by atoms with Crippen LogP contribution in [0.1, 0.15) is 35.3 Å². The van der Waals surface area contributed by atoms with E-state index in [0.717, 1.165) is 5.69 Å². The standard InChI is InChI=1S/C13H19N3O3/c1-8-5-6-9(7-16-8)12(17)10(14)3-2-4-11(15)13(18)19/h5-7,10-11H,2-4,14-15H2,1H3,(H,18,19)/t10?,11-/m0/s1. The maximum atomic E-state index is 12.0. The molecule has 0 aliphatic rings. The molecule has 104 valence electrons. The third kappa shape index (κ3) is 4.76. The molecule has 1 unspecified atom stereocenters. The van der Waals surface area contributed by atoms with Gasteiger partial charge in [-0.3, -0.25) is 14.6 Å². The fourth-order valence-corrected chi connectivity index (χ4v) is 1.64. The number of rotatable bonds is 7. The number of ketones is 1. The minimum absolute atomic E-state index is 0.184. The Morgan fingerprint density at radius 1 is 1.26 bits per heavy atom. The number of carbonyl (C=O) groups is 2. The molecule has 6 nitrogen and oxygen atoms in total. The van der Waals surface area contributed by atoms with Crippen LogP contribution >= 0.6 is 0 Å². The number of aryl methyl sites for hydroxylation is 1. The first-order chi connectivity index (χ1) is 8.91. The number of pyridine rings is 1. The Balaban J connectivity index is 2.45. The summed E-state index contributed by atoms with van der Waals surface area (Å²) in [5, 5.41) is 8.63. The molecule has 0 bridgehead atoms. The van der Waals surface area contributed by atoms with Gasteiger partial charge in [0.05, 0.1) is 6.04 Å². The van der Waals surface area contributed by atoms with Gasteiger partial charge in [0.25, 0.3) is 0 Å². The molecule has 0 aliphatic heterocycles. The maximum Gasteiger partial charge on any atom is 0.320 e. The predicted molar refractivity (Wildman–Crippen MR) is 70.7 cm³/mol. The largest absolute Gasteiger partial charge is 0.480 e. The molecule has 6 heteroatoms. The molecule has 0 radical (unpaired) electrons. The van der Waals surface area contributed by atoms with Crippen molar-refractivity contribution in [2.45, 2.75) is 38.3 Å². The topological polar surface area (TPSA) is 119 Å². The SMILES string of the molecule is Cc1ccc(C(=O)C(N)CCC[C@H](N)C(=O)O)cn1. The summed E-state index contributed by atoms with van der Waals surface area (Å²) >= 11 is 0. The minimum atomic E-state index is -1.04. The summed E-state index contributed by atoms with van der Waals surface area (Å²) < 4.78 is 0. The molecule has 1 rings (SSSR count). The normalized spacial score (nSPS) is 13.8. The second-order valence-electron chi connectivity index (χ2n) is 4.53. The smallest absolute Gasteiger partial charge is 0.320 e. The second kappa shape index (κ2) is 6.96. The van der Waals surface area contributed by atoms with Crippen LogP contribution in [0.3, 0.4) is 0 Å². The monoisotopic (exact) mass is 265 g/mol. The number of carboxylic acid groups (broad SMARTS) is 1. The van der Waals surface area contributed by atoms with Crippen molar-refractivity contribution >= 4 is 11.8 Å². The first-order valence-corrected chi connectivity index (χ1v) is 6.12. The molecular weight excluding hydrogens is 246 g/mol. The van der Waals surface area contributed by atoms with Crippen LogP contribution in [0.2, 0.25) is 0 Å². The van der Waals surface area contributed by atoms with E-state index in [-0.39, 0.29) is 5.78 Å². The first-order valence-electron chi connectivity index (χ1n) is 6.12. The van der Waals surface area contributed by atoms with Crippen LogP contribution < -0.4 is 11.5 Å². The molecule has 0 saturated carbocycles. The number of Topliss-reactive ketones (excluding diaryl/α,β-unsaturated/α-hetero) is 1. The summed E-state index contributed by atoms with van der Waals surface area (Å²) in [4.78, 5) is 26.5. The number of carboxylic acids is 1. The molecule has 1 aromatic rings. The Kier molecular flexibility index (Phi) is 5.59. The molecular formula is C13H19N3O3. The number of aliphatic carboxylic acids is 1. The lowest BCUT2D eigenvalue weighted by Crippen LogP contribution is -2.33. The van der Waals surface area contributed by atoms with E-state index in [9.17, 15) is 9.59 Å². The third-order valence-electron chi connectivity index (χ3n) is 2.88. The van der Waals surface area contributed by atoms with Crippen molar-refractivity contribution in [2.75, 3.05) is 0 Å². The van der Waals surface area contributed by atoms with Crippen molar-refractivity contribution in [2.24, 2.45) is 11.5 Å². The fourth-order valence-electron chi connectivity index (χ4n) is 1.64. The van der Waals surface area contributed by atoms with Crippen LogP contribution in [0, 0.1) is 6.92 Å². The molecule has 0 fully saturated rings. The van der Waals surface area contributed by atoms with Crippen LogP contribution in [0.25, 0.3) is 0 Å². The van der Waals surface area contributed by atoms with E-state index in [1.54, 1.807) is 12.1 Å².